The van der Waals surface area contributed by atoms with E-state index >= 15 is 0 Å². The van der Waals surface area contributed by atoms with Gasteiger partial charge in [0.05, 0.1) is 10.9 Å². The topological polar surface area (TPSA) is 55.1 Å². The summed E-state index contributed by atoms with van der Waals surface area (Å²) in [5.74, 6) is -0.455. The van der Waals surface area contributed by atoms with Crippen molar-refractivity contribution in [3.05, 3.63) is 51.0 Å². The number of nitrogens with two attached hydrogens (primary N) is 1. The zero-order valence-electron chi connectivity index (χ0n) is 11.7. The molecule has 1 aromatic heterocycles. The highest BCUT2D eigenvalue weighted by molar-refractivity contribution is 7.14. The molecule has 0 fully saturated rings. The summed E-state index contributed by atoms with van der Waals surface area (Å²) in [7, 11) is 0. The molecule has 0 bridgehead atoms. The van der Waals surface area contributed by atoms with Gasteiger partial charge in [0.2, 0.25) is 0 Å². The maximum absolute atomic E-state index is 13.5. The molecule has 3 nitrogen and oxygen atoms in total. The zero-order valence-corrected chi connectivity index (χ0v) is 12.5. The van der Waals surface area contributed by atoms with Crippen LogP contribution in [0, 0.1) is 19.7 Å². The molecule has 2 rings (SSSR count). The molecule has 0 saturated heterocycles. The Hall–Kier alpha value is -1.88. The number of aryl methyl sites for hydroxylation is 2. The number of nitrogen functional groups attached to an aromatic ring is 1. The molecule has 0 spiro atoms. The van der Waals surface area contributed by atoms with Crippen LogP contribution >= 0.6 is 11.3 Å². The third-order valence-corrected chi connectivity index (χ3v) is 4.29. The van der Waals surface area contributed by atoms with E-state index in [-0.39, 0.29) is 17.8 Å². The van der Waals surface area contributed by atoms with E-state index < -0.39 is 0 Å². The van der Waals surface area contributed by atoms with E-state index in [1.807, 2.05) is 19.9 Å². The molecule has 1 heterocycles. The maximum atomic E-state index is 13.5. The third-order valence-electron chi connectivity index (χ3n) is 3.22. The average molecular weight is 292 g/mol. The highest BCUT2D eigenvalue weighted by Crippen LogP contribution is 2.24. The van der Waals surface area contributed by atoms with Crippen LogP contribution in [-0.4, -0.2) is 5.91 Å². The van der Waals surface area contributed by atoms with Crippen molar-refractivity contribution in [1.29, 1.82) is 0 Å². The normalized spacial score (nSPS) is 12.2. The molecule has 1 unspecified atom stereocenters. The summed E-state index contributed by atoms with van der Waals surface area (Å²) in [4.78, 5) is 13.6. The van der Waals surface area contributed by atoms with Gasteiger partial charge >= 0.3 is 0 Å². The average Bonchev–Trinajstić information content (AvgIpc) is 2.73. The van der Waals surface area contributed by atoms with Crippen molar-refractivity contribution in [3.8, 4) is 0 Å². The Morgan fingerprint density at radius 1 is 1.35 bits per heavy atom. The van der Waals surface area contributed by atoms with Gasteiger partial charge in [-0.15, -0.1) is 11.3 Å². The maximum Gasteiger partial charge on any atom is 0.261 e. The summed E-state index contributed by atoms with van der Waals surface area (Å²) in [6.07, 6.45) is 0. The summed E-state index contributed by atoms with van der Waals surface area (Å²) < 4.78 is 13.5. The van der Waals surface area contributed by atoms with Crippen molar-refractivity contribution < 1.29 is 9.18 Å². The number of hydrogen-bond donors (Lipinski definition) is 2. The first-order valence-electron chi connectivity index (χ1n) is 6.31. The molecule has 0 aliphatic carbocycles. The fraction of sp³-hybridized carbons (Fsp3) is 0.267. The molecule has 0 saturated carbocycles. The second-order valence-electron chi connectivity index (χ2n) is 4.83. The van der Waals surface area contributed by atoms with E-state index in [9.17, 15) is 9.18 Å². The Balaban J connectivity index is 2.12. The van der Waals surface area contributed by atoms with Crippen molar-refractivity contribution in [2.24, 2.45) is 0 Å². The van der Waals surface area contributed by atoms with E-state index in [2.05, 4.69) is 5.32 Å². The van der Waals surface area contributed by atoms with Crippen LogP contribution in [0.15, 0.2) is 24.3 Å². The molecule has 0 aliphatic heterocycles. The Kier molecular flexibility index (Phi) is 4.09. The second kappa shape index (κ2) is 5.63. The number of amides is 1. The minimum atomic E-state index is -0.264. The van der Waals surface area contributed by atoms with Gasteiger partial charge in [0.1, 0.15) is 5.82 Å². The second-order valence-corrected chi connectivity index (χ2v) is 6.08. The van der Waals surface area contributed by atoms with E-state index in [0.717, 1.165) is 10.4 Å². The van der Waals surface area contributed by atoms with Gasteiger partial charge in [0, 0.05) is 10.6 Å². The molecule has 3 N–H and O–H groups in total. The minimum absolute atomic E-state index is 0.191. The van der Waals surface area contributed by atoms with Gasteiger partial charge in [-0.1, -0.05) is 12.1 Å². The highest BCUT2D eigenvalue weighted by atomic mass is 32.1. The lowest BCUT2D eigenvalue weighted by atomic mass is 10.1. The van der Waals surface area contributed by atoms with Gasteiger partial charge in [-0.05, 0) is 44.0 Å². The van der Waals surface area contributed by atoms with Crippen molar-refractivity contribution >= 4 is 22.9 Å². The lowest BCUT2D eigenvalue weighted by Gasteiger charge is -2.14. The number of benzene rings is 1. The molecule has 5 heteroatoms. The van der Waals surface area contributed by atoms with Crippen LogP contribution < -0.4 is 11.1 Å². The van der Waals surface area contributed by atoms with Crippen molar-refractivity contribution in [3.63, 3.8) is 0 Å². The minimum Gasteiger partial charge on any atom is -0.398 e. The van der Waals surface area contributed by atoms with Crippen molar-refractivity contribution in [2.75, 3.05) is 5.73 Å². The number of rotatable bonds is 3. The van der Waals surface area contributed by atoms with Gasteiger partial charge in [0.25, 0.3) is 5.91 Å². The van der Waals surface area contributed by atoms with Crippen molar-refractivity contribution in [2.45, 2.75) is 26.8 Å². The molecule has 106 valence electrons. The monoisotopic (exact) mass is 292 g/mol. The predicted molar refractivity (Wildman–Crippen MR) is 80.5 cm³/mol. The number of hydrogen-bond acceptors (Lipinski definition) is 3. The SMILES string of the molecule is Cc1ccc(C(C)NC(=O)c2cc(N)c(C)s2)cc1F. The smallest absolute Gasteiger partial charge is 0.261 e. The van der Waals surface area contributed by atoms with Gasteiger partial charge in [-0.25, -0.2) is 4.39 Å². The quantitative estimate of drug-likeness (QED) is 0.908. The highest BCUT2D eigenvalue weighted by Gasteiger charge is 2.15. The first kappa shape index (κ1) is 14.5. The molecule has 1 amide bonds. The van der Waals surface area contributed by atoms with E-state index in [4.69, 9.17) is 5.73 Å². The van der Waals surface area contributed by atoms with Gasteiger partial charge in [-0.3, -0.25) is 4.79 Å². The molecular weight excluding hydrogens is 275 g/mol. The summed E-state index contributed by atoms with van der Waals surface area (Å²) in [6, 6.07) is 6.38. The number of nitrogens with one attached hydrogen (secondary N) is 1. The van der Waals surface area contributed by atoms with E-state index in [1.54, 1.807) is 19.1 Å². The first-order valence-corrected chi connectivity index (χ1v) is 7.13. The number of carbonyl (C=O) groups excluding carboxylic acids is 1. The van der Waals surface area contributed by atoms with Crippen LogP contribution in [0.1, 0.15) is 38.6 Å². The number of thiophene rings is 1. The summed E-state index contributed by atoms with van der Waals surface area (Å²) in [6.45, 7) is 5.40. The summed E-state index contributed by atoms with van der Waals surface area (Å²) in [5, 5.41) is 2.85. The Labute approximate surface area is 121 Å². The van der Waals surface area contributed by atoms with Crippen LogP contribution in [-0.2, 0) is 0 Å². The summed E-state index contributed by atoms with van der Waals surface area (Å²) >= 11 is 1.35. The number of carbonyl (C=O) groups is 1. The van der Waals surface area contributed by atoms with Crippen LogP contribution in [0.5, 0.6) is 0 Å². The van der Waals surface area contributed by atoms with Crippen LogP contribution in [0.3, 0.4) is 0 Å². The molecule has 0 aliphatic rings. The predicted octanol–water partition coefficient (Wildman–Crippen LogP) is 3.58. The molecule has 1 atom stereocenters. The largest absolute Gasteiger partial charge is 0.398 e. The fourth-order valence-electron chi connectivity index (χ4n) is 1.84. The fourth-order valence-corrected chi connectivity index (χ4v) is 2.68. The lowest BCUT2D eigenvalue weighted by molar-refractivity contribution is 0.0944. The lowest BCUT2D eigenvalue weighted by Crippen LogP contribution is -2.26. The Bertz CT molecular complexity index is 632. The van der Waals surface area contributed by atoms with Gasteiger partial charge < -0.3 is 11.1 Å². The van der Waals surface area contributed by atoms with Gasteiger partial charge in [0.15, 0.2) is 0 Å². The van der Waals surface area contributed by atoms with E-state index in [1.165, 1.54) is 17.4 Å². The summed E-state index contributed by atoms with van der Waals surface area (Å²) in [5.41, 5.74) is 7.69. The van der Waals surface area contributed by atoms with Crippen molar-refractivity contribution in [1.82, 2.24) is 5.32 Å². The molecule has 20 heavy (non-hydrogen) atoms. The molecule has 0 radical (unpaired) electrons. The number of anilines is 1. The van der Waals surface area contributed by atoms with Gasteiger partial charge in [-0.2, -0.15) is 0 Å². The molecule has 2 aromatic rings. The van der Waals surface area contributed by atoms with Crippen LogP contribution in [0.4, 0.5) is 10.1 Å². The molecule has 1 aromatic carbocycles. The van der Waals surface area contributed by atoms with Crippen LogP contribution in [0.25, 0.3) is 0 Å². The van der Waals surface area contributed by atoms with E-state index in [0.29, 0.717) is 16.1 Å². The standard InChI is InChI=1S/C15H17FN2OS/c1-8-4-5-11(6-12(8)16)9(2)18-15(19)14-7-13(17)10(3)20-14/h4-7,9H,17H2,1-3H3,(H,18,19). The first-order chi connectivity index (χ1) is 9.38. The zero-order chi connectivity index (χ0) is 14.9. The number of halogens is 1. The van der Waals surface area contributed by atoms with Crippen LogP contribution in [0.2, 0.25) is 0 Å². The third kappa shape index (κ3) is 2.99. The Morgan fingerprint density at radius 2 is 2.05 bits per heavy atom. The Morgan fingerprint density at radius 3 is 2.60 bits per heavy atom. The molecular formula is C15H17FN2OS.